The monoisotopic (exact) mass is 355 g/mol. The average molecular weight is 355 g/mol. The molecule has 0 unspecified atom stereocenters. The van der Waals surface area contributed by atoms with Gasteiger partial charge in [0.1, 0.15) is 11.5 Å². The van der Waals surface area contributed by atoms with Crippen LogP contribution in [-0.2, 0) is 4.79 Å². The van der Waals surface area contributed by atoms with Gasteiger partial charge in [-0.05, 0) is 48.5 Å². The summed E-state index contributed by atoms with van der Waals surface area (Å²) in [6.07, 6.45) is 3.06. The van der Waals surface area contributed by atoms with Crippen molar-refractivity contribution in [3.63, 3.8) is 0 Å². The molecule has 2 aromatic rings. The molecule has 0 atom stereocenters. The zero-order valence-electron chi connectivity index (χ0n) is 14.8. The maximum absolute atomic E-state index is 12.1. The summed E-state index contributed by atoms with van der Waals surface area (Å²) in [5.74, 6) is 1.02. The van der Waals surface area contributed by atoms with Crippen molar-refractivity contribution in [2.24, 2.45) is 0 Å². The van der Waals surface area contributed by atoms with E-state index in [9.17, 15) is 9.59 Å². The first-order chi connectivity index (χ1) is 12.5. The Morgan fingerprint density at radius 3 is 2.15 bits per heavy atom. The molecule has 0 saturated carbocycles. The van der Waals surface area contributed by atoms with Crippen LogP contribution in [0.3, 0.4) is 0 Å². The number of hydrogen-bond acceptors (Lipinski definition) is 4. The minimum Gasteiger partial charge on any atom is -0.497 e. The summed E-state index contributed by atoms with van der Waals surface area (Å²) < 4.78 is 10.5. The molecule has 7 nitrogen and oxygen atoms in total. The highest BCUT2D eigenvalue weighted by Gasteiger charge is 2.04. The van der Waals surface area contributed by atoms with E-state index < -0.39 is 0 Å². The van der Waals surface area contributed by atoms with Crippen LogP contribution in [0.25, 0.3) is 6.08 Å². The molecule has 0 aromatic heterocycles. The van der Waals surface area contributed by atoms with Crippen molar-refractivity contribution in [1.29, 1.82) is 0 Å². The second-order valence-electron chi connectivity index (χ2n) is 5.21. The summed E-state index contributed by atoms with van der Waals surface area (Å²) in [5.41, 5.74) is 1.96. The Kier molecular flexibility index (Phi) is 6.61. The van der Waals surface area contributed by atoms with Gasteiger partial charge in [-0.3, -0.25) is 4.79 Å². The van der Waals surface area contributed by atoms with Gasteiger partial charge in [-0.25, -0.2) is 4.79 Å². The van der Waals surface area contributed by atoms with Crippen LogP contribution in [-0.4, -0.2) is 33.2 Å². The van der Waals surface area contributed by atoms with Crippen LogP contribution in [0.2, 0.25) is 0 Å². The highest BCUT2D eigenvalue weighted by Crippen LogP contribution is 2.25. The van der Waals surface area contributed by atoms with E-state index in [1.807, 2.05) is 0 Å². The highest BCUT2D eigenvalue weighted by atomic mass is 16.5. The number of hydrogen-bond donors (Lipinski definition) is 3. The van der Waals surface area contributed by atoms with Crippen LogP contribution < -0.4 is 25.4 Å². The molecular formula is C19H21N3O4. The molecule has 0 bridgehead atoms. The fraction of sp³-hybridized carbons (Fsp3) is 0.158. The van der Waals surface area contributed by atoms with Gasteiger partial charge in [0.05, 0.1) is 14.2 Å². The summed E-state index contributed by atoms with van der Waals surface area (Å²) in [6, 6.07) is 11.8. The van der Waals surface area contributed by atoms with Crippen molar-refractivity contribution in [1.82, 2.24) is 5.32 Å². The van der Waals surface area contributed by atoms with Crippen LogP contribution in [0.5, 0.6) is 11.5 Å². The summed E-state index contributed by atoms with van der Waals surface area (Å²) in [5, 5.41) is 7.85. The van der Waals surface area contributed by atoms with E-state index in [4.69, 9.17) is 9.47 Å². The van der Waals surface area contributed by atoms with E-state index in [0.717, 1.165) is 5.56 Å². The number of anilines is 2. The van der Waals surface area contributed by atoms with Gasteiger partial charge >= 0.3 is 6.03 Å². The standard InChI is InChI=1S/C19H21N3O4/c1-20-19(24)22-15-7-5-14(6-8-15)21-18(23)11-4-13-12-16(25-2)9-10-17(13)26-3/h4-12H,1-3H3,(H,21,23)(H2,20,22,24)/b11-4+. The Morgan fingerprint density at radius 2 is 1.58 bits per heavy atom. The second-order valence-corrected chi connectivity index (χ2v) is 5.21. The third-order valence-corrected chi connectivity index (χ3v) is 3.49. The quantitative estimate of drug-likeness (QED) is 0.695. The lowest BCUT2D eigenvalue weighted by Gasteiger charge is -2.08. The average Bonchev–Trinajstić information content (AvgIpc) is 2.67. The number of amides is 3. The maximum atomic E-state index is 12.1. The molecule has 0 aliphatic carbocycles. The Labute approximate surface area is 152 Å². The van der Waals surface area contributed by atoms with E-state index >= 15 is 0 Å². The van der Waals surface area contributed by atoms with Crippen molar-refractivity contribution in [3.05, 3.63) is 54.1 Å². The van der Waals surface area contributed by atoms with Gasteiger partial charge in [0, 0.05) is 30.1 Å². The van der Waals surface area contributed by atoms with E-state index in [-0.39, 0.29) is 11.9 Å². The van der Waals surface area contributed by atoms with Gasteiger partial charge < -0.3 is 25.4 Å². The van der Waals surface area contributed by atoms with Gasteiger partial charge in [0.15, 0.2) is 0 Å². The zero-order valence-corrected chi connectivity index (χ0v) is 14.8. The van der Waals surface area contributed by atoms with Gasteiger partial charge in [-0.2, -0.15) is 0 Å². The summed E-state index contributed by atoms with van der Waals surface area (Å²) in [4.78, 5) is 23.3. The number of methoxy groups -OCH3 is 2. The minimum atomic E-state index is -0.308. The Bertz CT molecular complexity index is 801. The molecule has 136 valence electrons. The Morgan fingerprint density at radius 1 is 0.923 bits per heavy atom. The molecule has 2 rings (SSSR count). The van der Waals surface area contributed by atoms with E-state index in [1.165, 1.54) is 13.1 Å². The van der Waals surface area contributed by atoms with Crippen molar-refractivity contribution < 1.29 is 19.1 Å². The number of carbonyl (C=O) groups excluding carboxylic acids is 2. The number of benzene rings is 2. The number of nitrogens with one attached hydrogen (secondary N) is 3. The molecule has 2 aromatic carbocycles. The molecule has 7 heteroatoms. The van der Waals surface area contributed by atoms with Gasteiger partial charge in [0.25, 0.3) is 0 Å². The van der Waals surface area contributed by atoms with Gasteiger partial charge in [0.2, 0.25) is 5.91 Å². The molecule has 26 heavy (non-hydrogen) atoms. The number of urea groups is 1. The smallest absolute Gasteiger partial charge is 0.318 e. The Hall–Kier alpha value is -3.48. The molecular weight excluding hydrogens is 334 g/mol. The molecule has 0 spiro atoms. The molecule has 0 saturated heterocycles. The van der Waals surface area contributed by atoms with Crippen LogP contribution in [0.1, 0.15) is 5.56 Å². The van der Waals surface area contributed by atoms with Crippen LogP contribution in [0, 0.1) is 0 Å². The van der Waals surface area contributed by atoms with E-state index in [1.54, 1.807) is 62.8 Å². The predicted octanol–water partition coefficient (Wildman–Crippen LogP) is 3.11. The third-order valence-electron chi connectivity index (χ3n) is 3.49. The minimum absolute atomic E-state index is 0.290. The highest BCUT2D eigenvalue weighted by molar-refractivity contribution is 6.02. The lowest BCUT2D eigenvalue weighted by molar-refractivity contribution is -0.111. The molecule has 0 aliphatic heterocycles. The largest absolute Gasteiger partial charge is 0.497 e. The first kappa shape index (κ1) is 18.9. The van der Waals surface area contributed by atoms with E-state index in [2.05, 4.69) is 16.0 Å². The molecule has 0 radical (unpaired) electrons. The fourth-order valence-electron chi connectivity index (χ4n) is 2.15. The zero-order chi connectivity index (χ0) is 18.9. The number of ether oxygens (including phenoxy) is 2. The maximum Gasteiger partial charge on any atom is 0.318 e. The van der Waals surface area contributed by atoms with E-state index in [0.29, 0.717) is 22.9 Å². The number of carbonyl (C=O) groups is 2. The fourth-order valence-corrected chi connectivity index (χ4v) is 2.15. The molecule has 0 aliphatic rings. The summed E-state index contributed by atoms with van der Waals surface area (Å²) in [6.45, 7) is 0. The van der Waals surface area contributed by atoms with Crippen molar-refractivity contribution in [2.75, 3.05) is 31.9 Å². The molecule has 0 fully saturated rings. The van der Waals surface area contributed by atoms with Gasteiger partial charge in [-0.1, -0.05) is 0 Å². The summed E-state index contributed by atoms with van der Waals surface area (Å²) >= 11 is 0. The first-order valence-corrected chi connectivity index (χ1v) is 7.85. The third kappa shape index (κ3) is 5.27. The summed E-state index contributed by atoms with van der Waals surface area (Å²) in [7, 11) is 4.67. The van der Waals surface area contributed by atoms with Crippen LogP contribution in [0.4, 0.5) is 16.2 Å². The Balaban J connectivity index is 2.02. The van der Waals surface area contributed by atoms with Crippen molar-refractivity contribution in [2.45, 2.75) is 0 Å². The van der Waals surface area contributed by atoms with Crippen LogP contribution >= 0.6 is 0 Å². The lowest BCUT2D eigenvalue weighted by atomic mass is 10.1. The molecule has 3 amide bonds. The molecule has 3 N–H and O–H groups in total. The second kappa shape index (κ2) is 9.12. The normalized spacial score (nSPS) is 10.3. The predicted molar refractivity (Wildman–Crippen MR) is 102 cm³/mol. The first-order valence-electron chi connectivity index (χ1n) is 7.85. The number of rotatable bonds is 6. The van der Waals surface area contributed by atoms with Crippen molar-refractivity contribution in [3.8, 4) is 11.5 Å². The van der Waals surface area contributed by atoms with Gasteiger partial charge in [-0.15, -0.1) is 0 Å². The topological polar surface area (TPSA) is 88.7 Å². The van der Waals surface area contributed by atoms with Crippen LogP contribution in [0.15, 0.2) is 48.5 Å². The SMILES string of the molecule is CNC(=O)Nc1ccc(NC(=O)/C=C/c2cc(OC)ccc2OC)cc1. The lowest BCUT2D eigenvalue weighted by Crippen LogP contribution is -2.24. The molecule has 0 heterocycles. The van der Waals surface area contributed by atoms with Crippen molar-refractivity contribution >= 4 is 29.4 Å².